The number of aromatic nitrogens is 1. The van der Waals surface area contributed by atoms with Crippen molar-refractivity contribution in [1.82, 2.24) is 4.98 Å². The van der Waals surface area contributed by atoms with Crippen molar-refractivity contribution in [2.75, 3.05) is 11.9 Å². The highest BCUT2D eigenvalue weighted by atomic mass is 32.1. The van der Waals surface area contributed by atoms with Crippen LogP contribution >= 0.6 is 11.3 Å². The summed E-state index contributed by atoms with van der Waals surface area (Å²) < 4.78 is 5.11. The molecule has 5 nitrogen and oxygen atoms in total. The molecular formula is C12H17N3O2S. The van der Waals surface area contributed by atoms with Crippen LogP contribution in [0.2, 0.25) is 0 Å². The third-order valence-corrected chi connectivity index (χ3v) is 2.42. The predicted octanol–water partition coefficient (Wildman–Crippen LogP) is 2.19. The molecule has 3 N–H and O–H groups in total. The lowest BCUT2D eigenvalue weighted by atomic mass is 10.2. The van der Waals surface area contributed by atoms with Gasteiger partial charge in [0.2, 0.25) is 0 Å². The van der Waals surface area contributed by atoms with Crippen LogP contribution in [0.15, 0.2) is 6.20 Å². The fraction of sp³-hybridized carbons (Fsp3) is 0.500. The number of carbonyl (C=O) groups is 1. The number of rotatable bonds is 2. The van der Waals surface area contributed by atoms with Crippen LogP contribution in [0, 0.1) is 11.8 Å². The molecular weight excluding hydrogens is 250 g/mol. The van der Waals surface area contributed by atoms with Gasteiger partial charge in [0.05, 0.1) is 11.1 Å². The van der Waals surface area contributed by atoms with Gasteiger partial charge in [-0.3, -0.25) is 5.32 Å². The molecule has 1 aromatic rings. The van der Waals surface area contributed by atoms with Crippen LogP contribution in [-0.2, 0) is 4.74 Å². The fourth-order valence-electron chi connectivity index (χ4n) is 1.00. The lowest BCUT2D eigenvalue weighted by Gasteiger charge is -2.18. The van der Waals surface area contributed by atoms with Crippen molar-refractivity contribution in [2.45, 2.75) is 32.8 Å². The molecule has 0 atom stereocenters. The molecule has 1 rings (SSSR count). The van der Waals surface area contributed by atoms with E-state index in [-0.39, 0.29) is 0 Å². The number of amides is 1. The van der Waals surface area contributed by atoms with Gasteiger partial charge in [0.1, 0.15) is 5.60 Å². The number of nitrogens with two attached hydrogens (primary N) is 1. The normalized spacial score (nSPS) is 10.4. The first-order valence-corrected chi connectivity index (χ1v) is 6.37. The Balaban J connectivity index is 2.55. The Kier molecular flexibility index (Phi) is 5.13. The first kappa shape index (κ1) is 14.5. The summed E-state index contributed by atoms with van der Waals surface area (Å²) >= 11 is 1.30. The van der Waals surface area contributed by atoms with Gasteiger partial charge < -0.3 is 10.5 Å². The molecule has 0 aromatic carbocycles. The van der Waals surface area contributed by atoms with Crippen molar-refractivity contribution in [3.63, 3.8) is 0 Å². The van der Waals surface area contributed by atoms with Crippen LogP contribution < -0.4 is 11.1 Å². The van der Waals surface area contributed by atoms with E-state index in [1.165, 1.54) is 11.3 Å². The molecule has 0 radical (unpaired) electrons. The number of carbonyl (C=O) groups excluding carboxylic acids is 1. The van der Waals surface area contributed by atoms with Crippen LogP contribution in [0.1, 0.15) is 32.1 Å². The molecule has 0 fully saturated rings. The number of hydrogen-bond donors (Lipinski definition) is 2. The minimum Gasteiger partial charge on any atom is -0.444 e. The summed E-state index contributed by atoms with van der Waals surface area (Å²) in [5, 5.41) is 3.04. The minimum absolute atomic E-state index is 0.473. The number of thiazole rings is 1. The van der Waals surface area contributed by atoms with Crippen molar-refractivity contribution >= 4 is 22.6 Å². The lowest BCUT2D eigenvalue weighted by Crippen LogP contribution is -2.27. The van der Waals surface area contributed by atoms with E-state index in [0.29, 0.717) is 18.1 Å². The Hall–Kier alpha value is -1.58. The van der Waals surface area contributed by atoms with Crippen LogP contribution in [0.3, 0.4) is 0 Å². The van der Waals surface area contributed by atoms with Gasteiger partial charge in [-0.05, 0) is 20.8 Å². The van der Waals surface area contributed by atoms with Gasteiger partial charge >= 0.3 is 6.09 Å². The van der Waals surface area contributed by atoms with Crippen LogP contribution in [0.4, 0.5) is 9.93 Å². The van der Waals surface area contributed by atoms with Gasteiger partial charge in [-0.15, -0.1) is 0 Å². The molecule has 0 spiro atoms. The van der Waals surface area contributed by atoms with Gasteiger partial charge in [0.15, 0.2) is 5.13 Å². The highest BCUT2D eigenvalue weighted by Gasteiger charge is 2.16. The molecule has 1 amide bonds. The summed E-state index contributed by atoms with van der Waals surface area (Å²) in [6, 6.07) is 0. The summed E-state index contributed by atoms with van der Waals surface area (Å²) in [5.41, 5.74) is 4.81. The molecule has 18 heavy (non-hydrogen) atoms. The van der Waals surface area contributed by atoms with E-state index in [4.69, 9.17) is 10.5 Å². The minimum atomic E-state index is -0.523. The van der Waals surface area contributed by atoms with Gasteiger partial charge in [0, 0.05) is 13.0 Å². The second-order valence-corrected chi connectivity index (χ2v) is 5.53. The summed E-state index contributed by atoms with van der Waals surface area (Å²) in [5.74, 6) is 5.83. The first-order chi connectivity index (χ1) is 8.40. The zero-order chi connectivity index (χ0) is 13.6. The average molecular weight is 267 g/mol. The molecule has 1 heterocycles. The lowest BCUT2D eigenvalue weighted by molar-refractivity contribution is 0.0636. The maximum atomic E-state index is 11.5. The molecule has 6 heteroatoms. The largest absolute Gasteiger partial charge is 0.444 e. The molecule has 98 valence electrons. The molecule has 0 aliphatic heterocycles. The Bertz CT molecular complexity index is 466. The third kappa shape index (κ3) is 5.66. The smallest absolute Gasteiger partial charge is 0.413 e. The molecule has 0 saturated carbocycles. The number of ether oxygens (including phenoxy) is 1. The zero-order valence-corrected chi connectivity index (χ0v) is 11.6. The Labute approximate surface area is 111 Å². The molecule has 0 saturated heterocycles. The Morgan fingerprint density at radius 2 is 2.33 bits per heavy atom. The number of hydrogen-bond acceptors (Lipinski definition) is 5. The standard InChI is InChI=1S/C12H17N3O2S/c1-12(2,3)17-11(16)15-10-14-8-9(18-10)6-4-5-7-13/h8H,5,7,13H2,1-3H3,(H,14,15,16). The fourth-order valence-corrected chi connectivity index (χ4v) is 1.68. The third-order valence-electron chi connectivity index (χ3n) is 1.59. The van der Waals surface area contributed by atoms with Crippen molar-refractivity contribution in [3.05, 3.63) is 11.1 Å². The maximum Gasteiger partial charge on any atom is 0.413 e. The number of anilines is 1. The Morgan fingerprint density at radius 3 is 2.94 bits per heavy atom. The summed E-state index contributed by atoms with van der Waals surface area (Å²) in [4.78, 5) is 16.3. The molecule has 0 aliphatic carbocycles. The van der Waals surface area contributed by atoms with Crippen LogP contribution in [-0.4, -0.2) is 23.2 Å². The van der Waals surface area contributed by atoms with E-state index in [1.54, 1.807) is 27.0 Å². The summed E-state index contributed by atoms with van der Waals surface area (Å²) in [6.45, 7) is 5.95. The van der Waals surface area contributed by atoms with Gasteiger partial charge in [-0.1, -0.05) is 23.2 Å². The van der Waals surface area contributed by atoms with Crippen molar-refractivity contribution in [2.24, 2.45) is 5.73 Å². The predicted molar refractivity (Wildman–Crippen MR) is 72.5 cm³/mol. The highest BCUT2D eigenvalue weighted by molar-refractivity contribution is 7.16. The summed E-state index contributed by atoms with van der Waals surface area (Å²) in [7, 11) is 0. The Morgan fingerprint density at radius 1 is 1.61 bits per heavy atom. The van der Waals surface area contributed by atoms with E-state index < -0.39 is 11.7 Å². The quantitative estimate of drug-likeness (QED) is 0.805. The van der Waals surface area contributed by atoms with E-state index >= 15 is 0 Å². The number of nitrogens with one attached hydrogen (secondary N) is 1. The SMILES string of the molecule is CC(C)(C)OC(=O)Nc1ncc(C#CCCN)s1. The summed E-state index contributed by atoms with van der Waals surface area (Å²) in [6.07, 6.45) is 1.74. The number of nitrogens with zero attached hydrogens (tertiary/aromatic N) is 1. The average Bonchev–Trinajstić information content (AvgIpc) is 2.63. The second-order valence-electron chi connectivity index (χ2n) is 4.50. The van der Waals surface area contributed by atoms with E-state index in [0.717, 1.165) is 4.88 Å². The highest BCUT2D eigenvalue weighted by Crippen LogP contribution is 2.18. The second kappa shape index (κ2) is 6.38. The van der Waals surface area contributed by atoms with Crippen LogP contribution in [0.5, 0.6) is 0 Å². The van der Waals surface area contributed by atoms with Crippen molar-refractivity contribution < 1.29 is 9.53 Å². The van der Waals surface area contributed by atoms with Gasteiger partial charge in [-0.2, -0.15) is 0 Å². The zero-order valence-electron chi connectivity index (χ0n) is 10.7. The van der Waals surface area contributed by atoms with Gasteiger partial charge in [0.25, 0.3) is 0 Å². The molecule has 0 unspecified atom stereocenters. The topological polar surface area (TPSA) is 77.2 Å². The first-order valence-electron chi connectivity index (χ1n) is 5.55. The van der Waals surface area contributed by atoms with E-state index in [1.807, 2.05) is 0 Å². The maximum absolute atomic E-state index is 11.5. The molecule has 0 bridgehead atoms. The van der Waals surface area contributed by atoms with Gasteiger partial charge in [-0.25, -0.2) is 9.78 Å². The molecule has 0 aliphatic rings. The molecule has 1 aromatic heterocycles. The van der Waals surface area contributed by atoms with E-state index in [2.05, 4.69) is 22.1 Å². The monoisotopic (exact) mass is 267 g/mol. The van der Waals surface area contributed by atoms with E-state index in [9.17, 15) is 4.79 Å². The van der Waals surface area contributed by atoms with Crippen molar-refractivity contribution in [3.8, 4) is 11.8 Å². The van der Waals surface area contributed by atoms with Crippen LogP contribution in [0.25, 0.3) is 0 Å². The van der Waals surface area contributed by atoms with Crippen molar-refractivity contribution in [1.29, 1.82) is 0 Å².